The molecule has 4 rings (SSSR count). The summed E-state index contributed by atoms with van der Waals surface area (Å²) in [6.07, 6.45) is -1.63. The molecule has 9 nitrogen and oxygen atoms in total. The number of aliphatic carboxylic acids is 1. The van der Waals surface area contributed by atoms with E-state index in [4.69, 9.17) is 14.6 Å². The number of pyridine rings is 1. The number of rotatable bonds is 2. The number of hydrogen-bond donors (Lipinski definition) is 1. The first-order chi connectivity index (χ1) is 14.7. The zero-order valence-corrected chi connectivity index (χ0v) is 16.5. The van der Waals surface area contributed by atoms with Crippen LogP contribution in [0.25, 0.3) is 0 Å². The van der Waals surface area contributed by atoms with E-state index >= 15 is 0 Å². The minimum atomic E-state index is -5.08. The van der Waals surface area contributed by atoms with Crippen LogP contribution in [-0.4, -0.2) is 81.4 Å². The zero-order valence-electron chi connectivity index (χ0n) is 16.5. The first kappa shape index (κ1) is 22.4. The lowest BCUT2D eigenvalue weighted by atomic mass is 10.1. The van der Waals surface area contributed by atoms with Gasteiger partial charge in [-0.2, -0.15) is 13.2 Å². The van der Waals surface area contributed by atoms with Crippen molar-refractivity contribution < 1.29 is 32.6 Å². The number of likely N-dealkylation sites (tertiary alicyclic amines) is 1. The average molecular weight is 439 g/mol. The van der Waals surface area contributed by atoms with Crippen LogP contribution in [0.1, 0.15) is 16.2 Å². The molecule has 2 aliphatic heterocycles. The summed E-state index contributed by atoms with van der Waals surface area (Å²) in [4.78, 5) is 38.6. The molecule has 2 fully saturated rings. The third kappa shape index (κ3) is 5.45. The maximum absolute atomic E-state index is 12.7. The number of ether oxygens (including phenoxy) is 1. The van der Waals surface area contributed by atoms with E-state index in [9.17, 15) is 18.0 Å². The molecule has 2 aromatic rings. The van der Waals surface area contributed by atoms with Crippen LogP contribution in [0.15, 0.2) is 36.7 Å². The summed E-state index contributed by atoms with van der Waals surface area (Å²) in [7, 11) is 0. The third-order valence-corrected chi connectivity index (χ3v) is 4.75. The molecule has 166 valence electrons. The van der Waals surface area contributed by atoms with Crippen molar-refractivity contribution in [2.45, 2.75) is 25.2 Å². The molecular weight excluding hydrogens is 419 g/mol. The molecule has 0 unspecified atom stereocenters. The van der Waals surface area contributed by atoms with Gasteiger partial charge < -0.3 is 19.6 Å². The molecular formula is C19H20F3N5O4. The van der Waals surface area contributed by atoms with E-state index in [1.165, 1.54) is 0 Å². The molecule has 0 spiro atoms. The number of carbonyl (C=O) groups excluding carboxylic acids is 1. The number of aromatic nitrogens is 3. The summed E-state index contributed by atoms with van der Waals surface area (Å²) in [6, 6.07) is 7.39. The highest BCUT2D eigenvalue weighted by Gasteiger charge is 2.43. The third-order valence-electron chi connectivity index (χ3n) is 4.75. The zero-order chi connectivity index (χ0) is 22.6. The van der Waals surface area contributed by atoms with E-state index in [0.29, 0.717) is 31.3 Å². The standard InChI is InChI=1S/C17H19N5O2.C2HF3O2/c1-12-4-2-5-13(20-12)16(23)21-10-14-15(11-21)24-9-8-22(14)17-18-6-3-7-19-17;3-2(4,5)1(6)7/h2-7,14-15H,8-11H2,1H3;(H,6,7)/t14-,15+;/m1./s1. The van der Waals surface area contributed by atoms with Gasteiger partial charge in [-0.25, -0.2) is 19.7 Å². The predicted molar refractivity (Wildman–Crippen MR) is 101 cm³/mol. The van der Waals surface area contributed by atoms with Crippen LogP contribution in [0.5, 0.6) is 0 Å². The minimum absolute atomic E-state index is 0.0173. The number of fused-ring (bicyclic) bond motifs is 1. The Kier molecular flexibility index (Phi) is 6.68. The number of nitrogens with zero attached hydrogens (tertiary/aromatic N) is 5. The lowest BCUT2D eigenvalue weighted by Gasteiger charge is -2.36. The molecule has 0 aromatic carbocycles. The van der Waals surface area contributed by atoms with Crippen LogP contribution in [0.3, 0.4) is 0 Å². The van der Waals surface area contributed by atoms with Crippen LogP contribution < -0.4 is 4.90 Å². The largest absolute Gasteiger partial charge is 0.490 e. The number of amides is 1. The van der Waals surface area contributed by atoms with Gasteiger partial charge in [0.15, 0.2) is 0 Å². The number of carboxylic acid groups (broad SMARTS) is 1. The summed E-state index contributed by atoms with van der Waals surface area (Å²) in [6.45, 7) is 4.40. The van der Waals surface area contributed by atoms with Gasteiger partial charge in [-0.3, -0.25) is 4.79 Å². The van der Waals surface area contributed by atoms with Gasteiger partial charge in [0.2, 0.25) is 5.95 Å². The summed E-state index contributed by atoms with van der Waals surface area (Å²) < 4.78 is 37.6. The van der Waals surface area contributed by atoms with Crippen molar-refractivity contribution >= 4 is 17.8 Å². The van der Waals surface area contributed by atoms with E-state index in [1.807, 2.05) is 24.0 Å². The van der Waals surface area contributed by atoms with Gasteiger partial charge in [0.1, 0.15) is 5.69 Å². The van der Waals surface area contributed by atoms with Gasteiger partial charge in [0.05, 0.1) is 18.8 Å². The van der Waals surface area contributed by atoms with E-state index < -0.39 is 12.1 Å². The number of carboxylic acids is 1. The van der Waals surface area contributed by atoms with Gasteiger partial charge in [-0.05, 0) is 25.1 Å². The van der Waals surface area contributed by atoms with Crippen molar-refractivity contribution in [2.75, 3.05) is 31.1 Å². The van der Waals surface area contributed by atoms with E-state index in [-0.39, 0.29) is 18.1 Å². The van der Waals surface area contributed by atoms with E-state index in [2.05, 4.69) is 19.9 Å². The minimum Gasteiger partial charge on any atom is -0.475 e. The first-order valence-electron chi connectivity index (χ1n) is 9.35. The van der Waals surface area contributed by atoms with Crippen molar-refractivity contribution in [3.8, 4) is 0 Å². The van der Waals surface area contributed by atoms with Crippen LogP contribution in [0.4, 0.5) is 19.1 Å². The molecule has 2 atom stereocenters. The number of halogens is 3. The van der Waals surface area contributed by atoms with Crippen molar-refractivity contribution in [1.82, 2.24) is 19.9 Å². The maximum atomic E-state index is 12.7. The number of aryl methyl sites for hydroxylation is 1. The van der Waals surface area contributed by atoms with Crippen molar-refractivity contribution in [2.24, 2.45) is 0 Å². The molecule has 31 heavy (non-hydrogen) atoms. The molecule has 0 radical (unpaired) electrons. The van der Waals surface area contributed by atoms with Crippen molar-refractivity contribution in [3.63, 3.8) is 0 Å². The SMILES string of the molecule is Cc1cccc(C(=O)N2C[C@@H]3OCCN(c4ncccn4)[C@@H]3C2)n1.O=C(O)C(F)(F)F. The normalized spacial score (nSPS) is 20.5. The molecule has 1 N–H and O–H groups in total. The Morgan fingerprint density at radius 1 is 1.16 bits per heavy atom. The number of morpholine rings is 1. The molecule has 2 aromatic heterocycles. The molecule has 1 amide bonds. The molecule has 0 aliphatic carbocycles. The highest BCUT2D eigenvalue weighted by molar-refractivity contribution is 5.92. The Hall–Kier alpha value is -3.28. The van der Waals surface area contributed by atoms with Crippen LogP contribution in [-0.2, 0) is 9.53 Å². The second-order valence-corrected chi connectivity index (χ2v) is 6.90. The van der Waals surface area contributed by atoms with Gasteiger partial charge >= 0.3 is 12.1 Å². The number of hydrogen-bond acceptors (Lipinski definition) is 7. The van der Waals surface area contributed by atoms with Crippen LogP contribution >= 0.6 is 0 Å². The average Bonchev–Trinajstić information content (AvgIpc) is 3.18. The Balaban J connectivity index is 0.000000339. The Morgan fingerprint density at radius 2 is 1.84 bits per heavy atom. The van der Waals surface area contributed by atoms with E-state index in [0.717, 1.165) is 12.2 Å². The van der Waals surface area contributed by atoms with Gasteiger partial charge in [-0.1, -0.05) is 6.07 Å². The summed E-state index contributed by atoms with van der Waals surface area (Å²) in [5.74, 6) is -2.11. The van der Waals surface area contributed by atoms with Crippen molar-refractivity contribution in [3.05, 3.63) is 48.0 Å². The highest BCUT2D eigenvalue weighted by Crippen LogP contribution is 2.26. The van der Waals surface area contributed by atoms with Crippen molar-refractivity contribution in [1.29, 1.82) is 0 Å². The summed E-state index contributed by atoms with van der Waals surface area (Å²) >= 11 is 0. The smallest absolute Gasteiger partial charge is 0.475 e. The van der Waals surface area contributed by atoms with Gasteiger partial charge in [0, 0.05) is 37.7 Å². The van der Waals surface area contributed by atoms with Crippen LogP contribution in [0.2, 0.25) is 0 Å². The number of anilines is 1. The molecule has 0 bridgehead atoms. The lowest BCUT2D eigenvalue weighted by Crippen LogP contribution is -2.51. The van der Waals surface area contributed by atoms with E-state index in [1.54, 1.807) is 24.5 Å². The van der Waals surface area contributed by atoms with Gasteiger partial charge in [0.25, 0.3) is 5.91 Å². The number of carbonyl (C=O) groups is 2. The first-order valence-corrected chi connectivity index (χ1v) is 9.35. The number of alkyl halides is 3. The maximum Gasteiger partial charge on any atom is 0.490 e. The van der Waals surface area contributed by atoms with Gasteiger partial charge in [-0.15, -0.1) is 0 Å². The molecule has 2 saturated heterocycles. The molecule has 2 aliphatic rings. The Morgan fingerprint density at radius 3 is 2.45 bits per heavy atom. The summed E-state index contributed by atoms with van der Waals surface area (Å²) in [5, 5.41) is 7.12. The summed E-state index contributed by atoms with van der Waals surface area (Å²) in [5.41, 5.74) is 1.32. The Labute approximate surface area is 175 Å². The van der Waals surface area contributed by atoms with Crippen LogP contribution in [0, 0.1) is 6.92 Å². The fourth-order valence-electron chi connectivity index (χ4n) is 3.37. The second kappa shape index (κ2) is 9.25. The highest BCUT2D eigenvalue weighted by atomic mass is 19.4. The predicted octanol–water partition coefficient (Wildman–Crippen LogP) is 1.54. The lowest BCUT2D eigenvalue weighted by molar-refractivity contribution is -0.192. The second-order valence-electron chi connectivity index (χ2n) is 6.90. The monoisotopic (exact) mass is 439 g/mol. The fourth-order valence-corrected chi connectivity index (χ4v) is 3.37. The molecule has 4 heterocycles. The Bertz CT molecular complexity index is 928. The molecule has 0 saturated carbocycles. The quantitative estimate of drug-likeness (QED) is 0.751. The fraction of sp³-hybridized carbons (Fsp3) is 0.421. The topological polar surface area (TPSA) is 109 Å². The molecule has 12 heteroatoms.